The van der Waals surface area contributed by atoms with Crippen LogP contribution in [-0.4, -0.2) is 23.0 Å². The Morgan fingerprint density at radius 3 is 2.63 bits per heavy atom. The van der Waals surface area contributed by atoms with Crippen molar-refractivity contribution in [2.45, 2.75) is 26.4 Å². The lowest BCUT2D eigenvalue weighted by molar-refractivity contribution is 0.0529. The Hall–Kier alpha value is -0.580. The highest BCUT2D eigenvalue weighted by Crippen LogP contribution is 2.25. The topological polar surface area (TPSA) is 70.9 Å². The molecule has 0 bridgehead atoms. The van der Waals surface area contributed by atoms with Gasteiger partial charge in [0.15, 0.2) is 0 Å². The number of phenolic OH excluding ortho intramolecular Hbond substituents is 1. The van der Waals surface area contributed by atoms with E-state index < -0.39 is 11.7 Å². The Balaban J connectivity index is 2.71. The number of nitrogens with one attached hydrogen (secondary N) is 1. The van der Waals surface area contributed by atoms with Gasteiger partial charge in [-0.25, -0.2) is 10.2 Å². The molecule has 1 aromatic carbocycles. The SMILES string of the molecule is CC(C)(C)OC(=O)N/N=C/c1cc(I)cc(I)c1O. The van der Waals surface area contributed by atoms with Crippen LogP contribution in [0.5, 0.6) is 5.75 Å². The Morgan fingerprint density at radius 2 is 2.05 bits per heavy atom. The van der Waals surface area contributed by atoms with Crippen LogP contribution in [0.1, 0.15) is 26.3 Å². The van der Waals surface area contributed by atoms with Crippen LogP contribution in [0.3, 0.4) is 0 Å². The fourth-order valence-corrected chi connectivity index (χ4v) is 3.03. The number of ether oxygens (including phenoxy) is 1. The van der Waals surface area contributed by atoms with Crippen molar-refractivity contribution in [3.63, 3.8) is 0 Å². The summed E-state index contributed by atoms with van der Waals surface area (Å²) < 4.78 is 6.72. The summed E-state index contributed by atoms with van der Waals surface area (Å²) in [7, 11) is 0. The summed E-state index contributed by atoms with van der Waals surface area (Å²) in [6, 6.07) is 3.60. The average Bonchev–Trinajstić information content (AvgIpc) is 2.22. The van der Waals surface area contributed by atoms with Crippen LogP contribution >= 0.6 is 45.2 Å². The molecule has 0 atom stereocenters. The maximum absolute atomic E-state index is 11.4. The molecule has 0 radical (unpaired) electrons. The molecule has 1 aromatic rings. The van der Waals surface area contributed by atoms with Gasteiger partial charge in [-0.15, -0.1) is 0 Å². The highest BCUT2D eigenvalue weighted by Gasteiger charge is 2.15. The molecule has 0 aromatic heterocycles. The van der Waals surface area contributed by atoms with Gasteiger partial charge in [-0.05, 0) is 78.1 Å². The molecule has 104 valence electrons. The number of carbonyl (C=O) groups is 1. The van der Waals surface area contributed by atoms with Crippen molar-refractivity contribution in [1.82, 2.24) is 5.43 Å². The van der Waals surface area contributed by atoms with Crippen LogP contribution in [0, 0.1) is 7.14 Å². The quantitative estimate of drug-likeness (QED) is 0.381. The summed E-state index contributed by atoms with van der Waals surface area (Å²) in [4.78, 5) is 11.4. The molecule has 19 heavy (non-hydrogen) atoms. The van der Waals surface area contributed by atoms with E-state index in [1.165, 1.54) is 6.21 Å². The number of hydrogen-bond donors (Lipinski definition) is 2. The lowest BCUT2D eigenvalue weighted by Gasteiger charge is -2.18. The van der Waals surface area contributed by atoms with E-state index in [1.807, 2.05) is 28.7 Å². The first-order valence-corrected chi connectivity index (χ1v) is 7.55. The van der Waals surface area contributed by atoms with Crippen LogP contribution in [0.15, 0.2) is 17.2 Å². The monoisotopic (exact) mass is 488 g/mol. The summed E-state index contributed by atoms with van der Waals surface area (Å²) in [5.41, 5.74) is 2.21. The summed E-state index contributed by atoms with van der Waals surface area (Å²) in [5, 5.41) is 13.6. The molecule has 1 rings (SSSR count). The number of hydrogen-bond acceptors (Lipinski definition) is 4. The lowest BCUT2D eigenvalue weighted by atomic mass is 10.2. The number of benzene rings is 1. The largest absolute Gasteiger partial charge is 0.506 e. The number of phenols is 1. The second-order valence-electron chi connectivity index (χ2n) is 4.70. The molecule has 0 unspecified atom stereocenters. The summed E-state index contributed by atoms with van der Waals surface area (Å²) >= 11 is 4.17. The molecule has 2 N–H and O–H groups in total. The van der Waals surface area contributed by atoms with Crippen LogP contribution < -0.4 is 5.43 Å². The van der Waals surface area contributed by atoms with E-state index in [4.69, 9.17) is 4.74 Å². The van der Waals surface area contributed by atoms with E-state index >= 15 is 0 Å². The second kappa shape index (κ2) is 6.73. The van der Waals surface area contributed by atoms with Gasteiger partial charge in [-0.3, -0.25) is 0 Å². The summed E-state index contributed by atoms with van der Waals surface area (Å²) in [6.07, 6.45) is 0.743. The average molecular weight is 488 g/mol. The molecule has 0 fully saturated rings. The predicted octanol–water partition coefficient (Wildman–Crippen LogP) is 3.46. The molecule has 7 heteroatoms. The first-order valence-electron chi connectivity index (χ1n) is 5.39. The number of hydrazone groups is 1. The van der Waals surface area contributed by atoms with E-state index in [-0.39, 0.29) is 5.75 Å². The van der Waals surface area contributed by atoms with Gasteiger partial charge < -0.3 is 9.84 Å². The number of rotatable bonds is 2. The van der Waals surface area contributed by atoms with Crippen LogP contribution in [0.25, 0.3) is 0 Å². The van der Waals surface area contributed by atoms with E-state index in [2.05, 4.69) is 33.1 Å². The van der Waals surface area contributed by atoms with Gasteiger partial charge >= 0.3 is 6.09 Å². The van der Waals surface area contributed by atoms with Gasteiger partial charge in [0.25, 0.3) is 0 Å². The molecule has 0 aliphatic heterocycles. The number of nitrogens with zero attached hydrogens (tertiary/aromatic N) is 1. The number of aromatic hydroxyl groups is 1. The van der Waals surface area contributed by atoms with Gasteiger partial charge in [-0.2, -0.15) is 5.10 Å². The molecule has 0 aliphatic rings. The number of halogens is 2. The molecule has 0 saturated heterocycles. The fourth-order valence-electron chi connectivity index (χ4n) is 1.14. The van der Waals surface area contributed by atoms with Crippen molar-refractivity contribution in [2.24, 2.45) is 5.10 Å². The Labute approximate surface area is 139 Å². The van der Waals surface area contributed by atoms with Crippen molar-refractivity contribution in [3.8, 4) is 5.75 Å². The maximum atomic E-state index is 11.4. The van der Waals surface area contributed by atoms with Crippen molar-refractivity contribution < 1.29 is 14.6 Å². The normalized spacial score (nSPS) is 11.6. The summed E-state index contributed by atoms with van der Waals surface area (Å²) in [5.74, 6) is 0.135. The summed E-state index contributed by atoms with van der Waals surface area (Å²) in [6.45, 7) is 5.30. The highest BCUT2D eigenvalue weighted by molar-refractivity contribution is 14.1. The van der Waals surface area contributed by atoms with Crippen LogP contribution in [-0.2, 0) is 4.74 Å². The van der Waals surface area contributed by atoms with Crippen LogP contribution in [0.4, 0.5) is 4.79 Å². The van der Waals surface area contributed by atoms with Gasteiger partial charge in [-0.1, -0.05) is 0 Å². The van der Waals surface area contributed by atoms with Crippen LogP contribution in [0.2, 0.25) is 0 Å². The third-order valence-electron chi connectivity index (χ3n) is 1.82. The standard InChI is InChI=1S/C12H14I2N2O3/c1-12(2,3)19-11(18)16-15-6-7-4-8(13)5-9(14)10(7)17/h4-6,17H,1-3H3,(H,16,18)/b15-6+. The number of amides is 1. The predicted molar refractivity (Wildman–Crippen MR) is 90.5 cm³/mol. The minimum absolute atomic E-state index is 0.135. The number of carbonyl (C=O) groups excluding carboxylic acids is 1. The van der Waals surface area contributed by atoms with E-state index in [1.54, 1.807) is 26.8 Å². The first-order chi connectivity index (χ1) is 8.69. The fraction of sp³-hybridized carbons (Fsp3) is 0.333. The van der Waals surface area contributed by atoms with Crippen molar-refractivity contribution >= 4 is 57.5 Å². The molecular formula is C12H14I2N2O3. The second-order valence-corrected chi connectivity index (χ2v) is 7.11. The lowest BCUT2D eigenvalue weighted by Crippen LogP contribution is -2.29. The molecule has 1 amide bonds. The molecular weight excluding hydrogens is 474 g/mol. The van der Waals surface area contributed by atoms with Crippen molar-refractivity contribution in [2.75, 3.05) is 0 Å². The van der Waals surface area contributed by atoms with E-state index in [0.717, 1.165) is 7.14 Å². The zero-order valence-corrected chi connectivity index (χ0v) is 15.0. The Morgan fingerprint density at radius 1 is 1.42 bits per heavy atom. The third kappa shape index (κ3) is 5.93. The third-order valence-corrected chi connectivity index (χ3v) is 3.26. The first kappa shape index (κ1) is 16.5. The van der Waals surface area contributed by atoms with E-state index in [9.17, 15) is 9.90 Å². The molecule has 0 saturated carbocycles. The molecule has 0 heterocycles. The van der Waals surface area contributed by atoms with Gasteiger partial charge in [0.1, 0.15) is 11.4 Å². The van der Waals surface area contributed by atoms with Gasteiger partial charge in [0.2, 0.25) is 0 Å². The van der Waals surface area contributed by atoms with Crippen molar-refractivity contribution in [3.05, 3.63) is 24.8 Å². The van der Waals surface area contributed by atoms with Gasteiger partial charge in [0, 0.05) is 9.13 Å². The Kier molecular flexibility index (Phi) is 5.83. The van der Waals surface area contributed by atoms with E-state index in [0.29, 0.717) is 5.56 Å². The minimum atomic E-state index is -0.636. The minimum Gasteiger partial charge on any atom is -0.506 e. The molecule has 0 spiro atoms. The Bertz CT molecular complexity index is 510. The van der Waals surface area contributed by atoms with Crippen molar-refractivity contribution in [1.29, 1.82) is 0 Å². The smallest absolute Gasteiger partial charge is 0.428 e. The zero-order chi connectivity index (χ0) is 14.6. The highest BCUT2D eigenvalue weighted by atomic mass is 127. The molecule has 5 nitrogen and oxygen atoms in total. The zero-order valence-electron chi connectivity index (χ0n) is 10.7. The van der Waals surface area contributed by atoms with Gasteiger partial charge in [0.05, 0.1) is 9.78 Å². The maximum Gasteiger partial charge on any atom is 0.428 e. The molecule has 0 aliphatic carbocycles.